The highest BCUT2D eigenvalue weighted by Gasteiger charge is 2.68. The monoisotopic (exact) mass is 521 g/mol. The van der Waals surface area contributed by atoms with Crippen molar-refractivity contribution < 1.29 is 9.59 Å². The Morgan fingerprint density at radius 1 is 0.923 bits per heavy atom. The minimum Gasteiger partial charge on any atom is -0.350 e. The first-order valence-corrected chi connectivity index (χ1v) is 14.4. The third-order valence-corrected chi connectivity index (χ3v) is 9.20. The average molecular weight is 522 g/mol. The standard InChI is InChI=1S/C34H39N3O2/c1-23(2)21-37-22-27-19-34(33(39)35-20-25-14-8-4-9-15-25)28(18-24-12-6-3-7-13-24)31(37)29(27)30(36-34)32(38)26-16-10-5-11-17-26/h3-17,23,27-31,36H,18-22H2,1-2H3,(H,35,39)/t27-,28-,29+,30?,31-,34+/m1/s1. The van der Waals surface area contributed by atoms with Crippen molar-refractivity contribution in [3.05, 3.63) is 108 Å². The molecule has 3 heterocycles. The van der Waals surface area contributed by atoms with Gasteiger partial charge in [0.05, 0.1) is 6.04 Å². The lowest BCUT2D eigenvalue weighted by Gasteiger charge is -2.59. The van der Waals surface area contributed by atoms with E-state index in [-0.39, 0.29) is 35.6 Å². The molecule has 3 aliphatic heterocycles. The summed E-state index contributed by atoms with van der Waals surface area (Å²) < 4.78 is 0. The van der Waals surface area contributed by atoms with Crippen LogP contribution in [0, 0.1) is 23.7 Å². The van der Waals surface area contributed by atoms with Crippen molar-refractivity contribution in [3.63, 3.8) is 0 Å². The van der Waals surface area contributed by atoms with E-state index in [0.717, 1.165) is 37.1 Å². The Balaban J connectivity index is 1.40. The Hall–Kier alpha value is -3.28. The molecule has 3 aromatic rings. The van der Waals surface area contributed by atoms with Gasteiger partial charge < -0.3 is 5.32 Å². The number of likely N-dealkylation sites (tertiary alicyclic amines) is 1. The number of Topliss-reactive ketones (excluding diaryl/α,β-unsaturated/α-hetero) is 1. The van der Waals surface area contributed by atoms with Crippen molar-refractivity contribution in [1.82, 2.24) is 15.5 Å². The SMILES string of the molecule is CC(C)CN1C[C@H]2C[C@]3(C(=O)NCc4ccccc4)NC(C(=O)c4ccccc4)[C@H]2[C@H]1[C@H]3Cc1ccccc1. The topological polar surface area (TPSA) is 61.4 Å². The molecule has 1 aliphatic carbocycles. The van der Waals surface area contributed by atoms with E-state index in [1.165, 1.54) is 5.56 Å². The minimum atomic E-state index is -0.810. The number of piperidine rings is 2. The predicted molar refractivity (Wildman–Crippen MR) is 154 cm³/mol. The lowest BCUT2D eigenvalue weighted by Crippen LogP contribution is -2.78. The third kappa shape index (κ3) is 4.83. The second kappa shape index (κ2) is 10.7. The molecule has 7 rings (SSSR count). The molecule has 0 aromatic heterocycles. The molecule has 3 saturated heterocycles. The molecule has 4 fully saturated rings. The first kappa shape index (κ1) is 26.0. The molecule has 4 bridgehead atoms. The number of carbonyl (C=O) groups is 2. The number of carbonyl (C=O) groups excluding carboxylic acids is 2. The molecule has 5 nitrogen and oxygen atoms in total. The van der Waals surface area contributed by atoms with Crippen molar-refractivity contribution in [2.24, 2.45) is 23.7 Å². The number of ketones is 1. The van der Waals surface area contributed by atoms with Crippen LogP contribution in [0.4, 0.5) is 0 Å². The Morgan fingerprint density at radius 3 is 2.18 bits per heavy atom. The molecular weight excluding hydrogens is 482 g/mol. The largest absolute Gasteiger partial charge is 0.350 e. The van der Waals surface area contributed by atoms with Crippen LogP contribution in [0.25, 0.3) is 0 Å². The fourth-order valence-corrected chi connectivity index (χ4v) is 7.77. The summed E-state index contributed by atoms with van der Waals surface area (Å²) in [7, 11) is 0. The summed E-state index contributed by atoms with van der Waals surface area (Å²) in [5.41, 5.74) is 2.23. The van der Waals surface area contributed by atoms with Crippen molar-refractivity contribution in [2.75, 3.05) is 13.1 Å². The second-order valence-corrected chi connectivity index (χ2v) is 12.2. The maximum Gasteiger partial charge on any atom is 0.240 e. The first-order valence-electron chi connectivity index (χ1n) is 14.4. The van der Waals surface area contributed by atoms with Crippen molar-refractivity contribution in [1.29, 1.82) is 0 Å². The van der Waals surface area contributed by atoms with Gasteiger partial charge in [-0.3, -0.25) is 19.8 Å². The fraction of sp³-hybridized carbons (Fsp3) is 0.412. The smallest absolute Gasteiger partial charge is 0.240 e. The number of rotatable bonds is 9. The van der Waals surface area contributed by atoms with Gasteiger partial charge in [0, 0.05) is 43.1 Å². The molecular formula is C34H39N3O2. The summed E-state index contributed by atoms with van der Waals surface area (Å²) in [6.45, 7) is 6.94. The number of amides is 1. The molecule has 3 aromatic carbocycles. The minimum absolute atomic E-state index is 0.0256. The molecule has 6 atom stereocenters. The molecule has 5 heteroatoms. The maximum atomic E-state index is 14.4. The van der Waals surface area contributed by atoms with Crippen molar-refractivity contribution >= 4 is 11.7 Å². The van der Waals surface area contributed by atoms with Crippen LogP contribution in [0.1, 0.15) is 41.8 Å². The number of hydrogen-bond acceptors (Lipinski definition) is 4. The van der Waals surface area contributed by atoms with Gasteiger partial charge in [-0.05, 0) is 35.8 Å². The third-order valence-electron chi connectivity index (χ3n) is 9.20. The second-order valence-electron chi connectivity index (χ2n) is 12.2. The van der Waals surface area contributed by atoms with E-state index in [9.17, 15) is 9.59 Å². The van der Waals surface area contributed by atoms with Gasteiger partial charge >= 0.3 is 0 Å². The number of nitrogens with one attached hydrogen (secondary N) is 2. The molecule has 39 heavy (non-hydrogen) atoms. The molecule has 2 N–H and O–H groups in total. The van der Waals surface area contributed by atoms with E-state index >= 15 is 0 Å². The van der Waals surface area contributed by atoms with Crippen LogP contribution < -0.4 is 10.6 Å². The van der Waals surface area contributed by atoms with Crippen LogP contribution in [-0.4, -0.2) is 47.3 Å². The zero-order valence-corrected chi connectivity index (χ0v) is 22.9. The summed E-state index contributed by atoms with van der Waals surface area (Å²) in [5, 5.41) is 7.05. The van der Waals surface area contributed by atoms with Gasteiger partial charge in [-0.15, -0.1) is 0 Å². The van der Waals surface area contributed by atoms with E-state index in [4.69, 9.17) is 0 Å². The molecule has 0 radical (unpaired) electrons. The normalized spacial score (nSPS) is 29.5. The highest BCUT2D eigenvalue weighted by molar-refractivity contribution is 6.02. The van der Waals surface area contributed by atoms with Gasteiger partial charge in [0.15, 0.2) is 5.78 Å². The van der Waals surface area contributed by atoms with Gasteiger partial charge in [-0.2, -0.15) is 0 Å². The summed E-state index contributed by atoms with van der Waals surface area (Å²) in [4.78, 5) is 31.0. The van der Waals surface area contributed by atoms with Gasteiger partial charge in [0.25, 0.3) is 0 Å². The van der Waals surface area contributed by atoms with E-state index in [2.05, 4.69) is 53.6 Å². The Labute approximate surface area is 232 Å². The summed E-state index contributed by atoms with van der Waals surface area (Å²) in [6.07, 6.45) is 1.57. The van der Waals surface area contributed by atoms with Crippen molar-refractivity contribution in [3.8, 4) is 0 Å². The maximum absolute atomic E-state index is 14.4. The molecule has 1 amide bonds. The lowest BCUT2D eigenvalue weighted by atomic mass is 9.55. The average Bonchev–Trinajstić information content (AvgIpc) is 3.26. The van der Waals surface area contributed by atoms with Crippen LogP contribution in [0.3, 0.4) is 0 Å². The van der Waals surface area contributed by atoms with Crippen molar-refractivity contribution in [2.45, 2.75) is 50.9 Å². The van der Waals surface area contributed by atoms with Gasteiger partial charge in [-0.25, -0.2) is 0 Å². The van der Waals surface area contributed by atoms with Gasteiger partial charge in [-0.1, -0.05) is 105 Å². The van der Waals surface area contributed by atoms with E-state index in [1.807, 2.05) is 66.7 Å². The van der Waals surface area contributed by atoms with E-state index in [1.54, 1.807) is 0 Å². The van der Waals surface area contributed by atoms with Crippen LogP contribution in [-0.2, 0) is 17.8 Å². The van der Waals surface area contributed by atoms with Gasteiger partial charge in [0.1, 0.15) is 5.54 Å². The Bertz CT molecular complexity index is 1300. The predicted octanol–water partition coefficient (Wildman–Crippen LogP) is 4.73. The zero-order chi connectivity index (χ0) is 27.0. The molecule has 4 aliphatic rings. The number of benzene rings is 3. The van der Waals surface area contributed by atoms with E-state index in [0.29, 0.717) is 18.4 Å². The molecule has 1 saturated carbocycles. The molecule has 0 spiro atoms. The highest BCUT2D eigenvalue weighted by atomic mass is 16.2. The highest BCUT2D eigenvalue weighted by Crippen LogP contribution is 2.55. The van der Waals surface area contributed by atoms with Crippen LogP contribution in [0.15, 0.2) is 91.0 Å². The zero-order valence-electron chi connectivity index (χ0n) is 22.9. The summed E-state index contributed by atoms with van der Waals surface area (Å²) in [5.74, 6) is 1.21. The number of nitrogens with zero attached hydrogens (tertiary/aromatic N) is 1. The lowest BCUT2D eigenvalue weighted by molar-refractivity contribution is -0.140. The quantitative estimate of drug-likeness (QED) is 0.400. The summed E-state index contributed by atoms with van der Waals surface area (Å²) in [6, 6.07) is 30.0. The van der Waals surface area contributed by atoms with E-state index < -0.39 is 5.54 Å². The van der Waals surface area contributed by atoms with Crippen LogP contribution in [0.5, 0.6) is 0 Å². The molecule has 202 valence electrons. The van der Waals surface area contributed by atoms with Crippen LogP contribution in [0.2, 0.25) is 0 Å². The molecule has 1 unspecified atom stereocenters. The Morgan fingerprint density at radius 2 is 1.54 bits per heavy atom. The number of fused-ring (bicyclic) bond motifs is 1. The fourth-order valence-electron chi connectivity index (χ4n) is 7.77. The number of hydrogen-bond donors (Lipinski definition) is 2. The first-order chi connectivity index (χ1) is 19.0. The Kier molecular flexibility index (Phi) is 7.13. The van der Waals surface area contributed by atoms with Gasteiger partial charge in [0.2, 0.25) is 5.91 Å². The summed E-state index contributed by atoms with van der Waals surface area (Å²) >= 11 is 0. The van der Waals surface area contributed by atoms with Crippen LogP contribution >= 0.6 is 0 Å².